The van der Waals surface area contributed by atoms with Crippen molar-refractivity contribution in [2.75, 3.05) is 7.11 Å². The van der Waals surface area contributed by atoms with Crippen LogP contribution in [-0.2, 0) is 14.8 Å². The summed E-state index contributed by atoms with van der Waals surface area (Å²) in [4.78, 5) is 12.8. The molecule has 0 bridgehead atoms. The van der Waals surface area contributed by atoms with E-state index in [-0.39, 0.29) is 17.4 Å². The average molecular weight is 510 g/mol. The molecule has 0 saturated heterocycles. The number of ether oxygens (including phenoxy) is 2. The zero-order chi connectivity index (χ0) is 26.1. The van der Waals surface area contributed by atoms with Gasteiger partial charge in [-0.3, -0.25) is 4.79 Å². The number of carbonyl (C=O) groups excluding carboxylic acids is 1. The van der Waals surface area contributed by atoms with Crippen molar-refractivity contribution in [1.82, 2.24) is 10.1 Å². The van der Waals surface area contributed by atoms with Crippen LogP contribution >= 0.6 is 0 Å². The monoisotopic (exact) mass is 509 g/mol. The fourth-order valence-corrected chi connectivity index (χ4v) is 4.64. The highest BCUT2D eigenvalue weighted by molar-refractivity contribution is 7.89. The third kappa shape index (κ3) is 7.66. The first-order chi connectivity index (χ1) is 17.2. The SMILES string of the molecule is COc1cc(/C=N\NC(=O)C[C@H](NS(=O)(=O)c2ccc(C)cc2)c2ccccc2)ccc1OC(C)C. The molecule has 3 rings (SSSR count). The summed E-state index contributed by atoms with van der Waals surface area (Å²) in [5, 5.41) is 4.02. The molecule has 8 nitrogen and oxygen atoms in total. The van der Waals surface area contributed by atoms with Crippen LogP contribution in [0.3, 0.4) is 0 Å². The number of aryl methyl sites for hydroxylation is 1. The van der Waals surface area contributed by atoms with Gasteiger partial charge in [-0.15, -0.1) is 0 Å². The van der Waals surface area contributed by atoms with Gasteiger partial charge in [-0.2, -0.15) is 5.10 Å². The number of hydrogen-bond acceptors (Lipinski definition) is 6. The molecule has 0 aromatic heterocycles. The maximum atomic E-state index is 13.0. The Morgan fingerprint density at radius 1 is 1.00 bits per heavy atom. The number of methoxy groups -OCH3 is 1. The summed E-state index contributed by atoms with van der Waals surface area (Å²) >= 11 is 0. The van der Waals surface area contributed by atoms with Crippen LogP contribution < -0.4 is 19.6 Å². The van der Waals surface area contributed by atoms with Crippen molar-refractivity contribution in [3.8, 4) is 11.5 Å². The van der Waals surface area contributed by atoms with E-state index in [2.05, 4.69) is 15.2 Å². The van der Waals surface area contributed by atoms with Gasteiger partial charge < -0.3 is 9.47 Å². The first-order valence-electron chi connectivity index (χ1n) is 11.5. The molecule has 0 heterocycles. The number of hydrogen-bond donors (Lipinski definition) is 2. The highest BCUT2D eigenvalue weighted by Crippen LogP contribution is 2.28. The van der Waals surface area contributed by atoms with Gasteiger partial charge in [0.15, 0.2) is 11.5 Å². The second kappa shape index (κ2) is 12.3. The van der Waals surface area contributed by atoms with E-state index >= 15 is 0 Å². The van der Waals surface area contributed by atoms with Gasteiger partial charge in [0.05, 0.1) is 30.4 Å². The number of nitrogens with one attached hydrogen (secondary N) is 2. The lowest BCUT2D eigenvalue weighted by atomic mass is 10.0. The molecule has 0 radical (unpaired) electrons. The number of hydrazone groups is 1. The number of sulfonamides is 1. The molecule has 3 aromatic rings. The molecule has 3 aromatic carbocycles. The molecule has 0 saturated carbocycles. The van der Waals surface area contributed by atoms with E-state index in [4.69, 9.17) is 9.47 Å². The number of rotatable bonds is 11. The minimum absolute atomic E-state index is 0.00121. The highest BCUT2D eigenvalue weighted by Gasteiger charge is 2.23. The molecule has 0 unspecified atom stereocenters. The van der Waals surface area contributed by atoms with Crippen LogP contribution in [0, 0.1) is 6.92 Å². The first-order valence-corrected chi connectivity index (χ1v) is 13.0. The largest absolute Gasteiger partial charge is 0.493 e. The second-order valence-corrected chi connectivity index (χ2v) is 10.2. The Balaban J connectivity index is 1.71. The van der Waals surface area contributed by atoms with E-state index in [0.717, 1.165) is 5.56 Å². The molecule has 0 aliphatic rings. The molecule has 9 heteroatoms. The predicted octanol–water partition coefficient (Wildman–Crippen LogP) is 4.35. The number of carbonyl (C=O) groups is 1. The summed E-state index contributed by atoms with van der Waals surface area (Å²) in [5.74, 6) is 0.715. The Bertz CT molecular complexity index is 1290. The molecule has 36 heavy (non-hydrogen) atoms. The molecule has 1 amide bonds. The summed E-state index contributed by atoms with van der Waals surface area (Å²) in [6.07, 6.45) is 1.34. The molecule has 0 aliphatic carbocycles. The van der Waals surface area contributed by atoms with Gasteiger partial charge in [0.2, 0.25) is 15.9 Å². The van der Waals surface area contributed by atoms with Gasteiger partial charge in [-0.25, -0.2) is 18.6 Å². The van der Waals surface area contributed by atoms with Gasteiger partial charge in [-0.05, 0) is 62.2 Å². The molecule has 2 N–H and O–H groups in total. The topological polar surface area (TPSA) is 106 Å². The van der Waals surface area contributed by atoms with Gasteiger partial charge in [0.25, 0.3) is 0 Å². The molecule has 0 fully saturated rings. The summed E-state index contributed by atoms with van der Waals surface area (Å²) in [7, 11) is -2.30. The normalized spacial score (nSPS) is 12.5. The molecule has 190 valence electrons. The van der Waals surface area contributed by atoms with Crippen LogP contribution in [0.2, 0.25) is 0 Å². The minimum atomic E-state index is -3.85. The summed E-state index contributed by atoms with van der Waals surface area (Å²) < 4.78 is 39.7. The Morgan fingerprint density at radius 2 is 1.69 bits per heavy atom. The van der Waals surface area contributed by atoms with E-state index in [0.29, 0.717) is 22.6 Å². The molecule has 0 spiro atoms. The lowest BCUT2D eigenvalue weighted by Crippen LogP contribution is -2.32. The maximum Gasteiger partial charge on any atom is 0.242 e. The van der Waals surface area contributed by atoms with Crippen molar-refractivity contribution >= 4 is 22.1 Å². The van der Waals surface area contributed by atoms with E-state index in [9.17, 15) is 13.2 Å². The summed E-state index contributed by atoms with van der Waals surface area (Å²) in [6.45, 7) is 5.73. The van der Waals surface area contributed by atoms with Gasteiger partial charge in [0, 0.05) is 6.42 Å². The number of nitrogens with zero attached hydrogens (tertiary/aromatic N) is 1. The lowest BCUT2D eigenvalue weighted by Gasteiger charge is -2.18. The van der Waals surface area contributed by atoms with Crippen LogP contribution in [0.4, 0.5) is 0 Å². The summed E-state index contributed by atoms with van der Waals surface area (Å²) in [5.41, 5.74) is 4.78. The van der Waals surface area contributed by atoms with Crippen LogP contribution in [0.1, 0.15) is 43.0 Å². The maximum absolute atomic E-state index is 13.0. The number of benzene rings is 3. The third-order valence-corrected chi connectivity index (χ3v) is 6.66. The smallest absolute Gasteiger partial charge is 0.242 e. The van der Waals surface area contributed by atoms with E-state index < -0.39 is 22.0 Å². The Labute approximate surface area is 212 Å². The Hall–Kier alpha value is -3.69. The molecular formula is C27H31N3O5S. The van der Waals surface area contributed by atoms with E-state index in [1.165, 1.54) is 18.3 Å². The Morgan fingerprint density at radius 3 is 2.33 bits per heavy atom. The molecular weight excluding hydrogens is 478 g/mol. The van der Waals surface area contributed by atoms with E-state index in [1.54, 1.807) is 61.7 Å². The zero-order valence-corrected chi connectivity index (χ0v) is 21.6. The van der Waals surface area contributed by atoms with Crippen LogP contribution in [0.25, 0.3) is 0 Å². The quantitative estimate of drug-likeness (QED) is 0.295. The van der Waals surface area contributed by atoms with Gasteiger partial charge in [-0.1, -0.05) is 48.0 Å². The van der Waals surface area contributed by atoms with Crippen molar-refractivity contribution in [1.29, 1.82) is 0 Å². The lowest BCUT2D eigenvalue weighted by molar-refractivity contribution is -0.121. The highest BCUT2D eigenvalue weighted by atomic mass is 32.2. The van der Waals surface area contributed by atoms with Crippen molar-refractivity contribution in [3.63, 3.8) is 0 Å². The minimum Gasteiger partial charge on any atom is -0.493 e. The average Bonchev–Trinajstić information content (AvgIpc) is 2.85. The van der Waals surface area contributed by atoms with Gasteiger partial charge in [0.1, 0.15) is 0 Å². The predicted molar refractivity (Wildman–Crippen MR) is 140 cm³/mol. The fraction of sp³-hybridized carbons (Fsp3) is 0.259. The van der Waals surface area contributed by atoms with Crippen LogP contribution in [0.5, 0.6) is 11.5 Å². The standard InChI is InChI=1S/C27H31N3O5S/c1-19(2)35-25-15-12-21(16-26(25)34-4)18-28-29-27(31)17-24(22-8-6-5-7-9-22)30-36(32,33)23-13-10-20(3)11-14-23/h5-16,18-19,24,30H,17H2,1-4H3,(H,29,31)/b28-18-/t24-/m0/s1. The fourth-order valence-electron chi connectivity index (χ4n) is 3.41. The van der Waals surface area contributed by atoms with Gasteiger partial charge >= 0.3 is 0 Å². The molecule has 1 atom stereocenters. The summed E-state index contributed by atoms with van der Waals surface area (Å²) in [6, 6.07) is 20.0. The van der Waals surface area contributed by atoms with Crippen LogP contribution in [-0.4, -0.2) is 33.8 Å². The zero-order valence-electron chi connectivity index (χ0n) is 20.8. The van der Waals surface area contributed by atoms with Crippen molar-refractivity contribution in [3.05, 3.63) is 89.5 Å². The molecule has 0 aliphatic heterocycles. The number of amides is 1. The van der Waals surface area contributed by atoms with Crippen LogP contribution in [0.15, 0.2) is 82.8 Å². The third-order valence-electron chi connectivity index (χ3n) is 5.17. The van der Waals surface area contributed by atoms with Crippen molar-refractivity contribution in [2.45, 2.75) is 44.2 Å². The van der Waals surface area contributed by atoms with Crippen molar-refractivity contribution < 1.29 is 22.7 Å². The second-order valence-electron chi connectivity index (χ2n) is 8.47. The first kappa shape index (κ1) is 26.9. The van der Waals surface area contributed by atoms with E-state index in [1.807, 2.05) is 26.8 Å². The van der Waals surface area contributed by atoms with Crippen molar-refractivity contribution in [2.24, 2.45) is 5.10 Å². The Kier molecular flexibility index (Phi) is 9.21.